The van der Waals surface area contributed by atoms with Crippen molar-refractivity contribution in [3.63, 3.8) is 0 Å². The molecule has 0 fully saturated rings. The smallest absolute Gasteiger partial charge is 0.550 e. The number of hydrogen-bond acceptors (Lipinski definition) is 3. The minimum atomic E-state index is -1.04. The molecule has 0 aromatic rings. The van der Waals surface area contributed by atoms with E-state index in [9.17, 15) is 9.90 Å². The van der Waals surface area contributed by atoms with Gasteiger partial charge in [0.1, 0.15) is 0 Å². The predicted octanol–water partition coefficient (Wildman–Crippen LogP) is -3.68. The number of allylic oxidation sites excluding steroid dienone is 2. The average molecular weight is 178 g/mol. The molecule has 0 unspecified atom stereocenters. The Kier molecular flexibility index (Phi) is 5.84. The number of aliphatic hydroxyl groups excluding tert-OH is 1. The van der Waals surface area contributed by atoms with E-state index < -0.39 is 5.97 Å². The summed E-state index contributed by atoms with van der Waals surface area (Å²) in [6, 6.07) is 0. The molecule has 0 aromatic heterocycles. The summed E-state index contributed by atoms with van der Waals surface area (Å²) < 4.78 is 0. The zero-order valence-corrected chi connectivity index (χ0v) is 9.19. The summed E-state index contributed by atoms with van der Waals surface area (Å²) in [6.07, 6.45) is 4.57. The van der Waals surface area contributed by atoms with Crippen molar-refractivity contribution in [2.75, 3.05) is 6.61 Å². The van der Waals surface area contributed by atoms with Gasteiger partial charge < -0.3 is 15.0 Å². The SMILES string of the molecule is O=C([O-])C[C@H]1C=CC[C@H]1CO.[Na+]. The number of carboxylic acid groups (broad SMARTS) is 1. The van der Waals surface area contributed by atoms with Crippen molar-refractivity contribution in [3.8, 4) is 0 Å². The normalized spacial score (nSPS) is 26.8. The first kappa shape index (κ1) is 12.2. The van der Waals surface area contributed by atoms with E-state index in [0.717, 1.165) is 6.42 Å². The van der Waals surface area contributed by atoms with Gasteiger partial charge in [-0.1, -0.05) is 12.2 Å². The topological polar surface area (TPSA) is 60.4 Å². The van der Waals surface area contributed by atoms with Gasteiger partial charge in [0, 0.05) is 12.6 Å². The van der Waals surface area contributed by atoms with Gasteiger partial charge in [-0.05, 0) is 24.7 Å². The first-order chi connectivity index (χ1) is 5.24. The van der Waals surface area contributed by atoms with Crippen LogP contribution in [0, 0.1) is 11.8 Å². The molecule has 1 rings (SSSR count). The fourth-order valence-corrected chi connectivity index (χ4v) is 1.40. The van der Waals surface area contributed by atoms with Gasteiger partial charge in [0.15, 0.2) is 0 Å². The molecule has 0 spiro atoms. The van der Waals surface area contributed by atoms with E-state index >= 15 is 0 Å². The summed E-state index contributed by atoms with van der Waals surface area (Å²) >= 11 is 0. The summed E-state index contributed by atoms with van der Waals surface area (Å²) in [5.74, 6) is -0.974. The first-order valence-electron chi connectivity index (χ1n) is 3.71. The molecule has 1 aliphatic carbocycles. The number of carbonyl (C=O) groups is 1. The summed E-state index contributed by atoms with van der Waals surface area (Å²) in [6.45, 7) is 0.0605. The Morgan fingerprint density at radius 2 is 2.33 bits per heavy atom. The Hall–Kier alpha value is 0.170. The molecular weight excluding hydrogens is 167 g/mol. The maximum Gasteiger partial charge on any atom is 1.00 e. The predicted molar refractivity (Wildman–Crippen MR) is 37.4 cm³/mol. The van der Waals surface area contributed by atoms with Crippen LogP contribution in [-0.4, -0.2) is 17.7 Å². The quantitative estimate of drug-likeness (QED) is 0.357. The maximum absolute atomic E-state index is 10.2. The van der Waals surface area contributed by atoms with Crippen molar-refractivity contribution in [3.05, 3.63) is 12.2 Å². The number of carboxylic acids is 1. The zero-order chi connectivity index (χ0) is 8.27. The van der Waals surface area contributed by atoms with Crippen LogP contribution in [0.25, 0.3) is 0 Å². The van der Waals surface area contributed by atoms with Crippen LogP contribution in [0.4, 0.5) is 0 Å². The first-order valence-corrected chi connectivity index (χ1v) is 3.71. The van der Waals surface area contributed by atoms with Crippen LogP contribution < -0.4 is 34.7 Å². The van der Waals surface area contributed by atoms with E-state index in [1.165, 1.54) is 0 Å². The molecule has 0 aromatic carbocycles. The molecular formula is C8H11NaO3. The second-order valence-electron chi connectivity index (χ2n) is 2.85. The van der Waals surface area contributed by atoms with E-state index in [-0.39, 0.29) is 54.4 Å². The van der Waals surface area contributed by atoms with Crippen LogP contribution in [0.3, 0.4) is 0 Å². The summed E-state index contributed by atoms with van der Waals surface area (Å²) in [5.41, 5.74) is 0. The molecule has 0 aliphatic heterocycles. The number of carbonyl (C=O) groups excluding carboxylic acids is 1. The molecule has 12 heavy (non-hydrogen) atoms. The van der Waals surface area contributed by atoms with Crippen molar-refractivity contribution in [2.24, 2.45) is 11.8 Å². The number of aliphatic hydroxyl groups is 1. The third-order valence-electron chi connectivity index (χ3n) is 2.06. The summed E-state index contributed by atoms with van der Waals surface area (Å²) in [5, 5.41) is 19.0. The largest absolute Gasteiger partial charge is 1.00 e. The molecule has 0 saturated carbocycles. The Morgan fingerprint density at radius 1 is 1.67 bits per heavy atom. The van der Waals surface area contributed by atoms with Crippen LogP contribution in [0.2, 0.25) is 0 Å². The van der Waals surface area contributed by atoms with Crippen LogP contribution >= 0.6 is 0 Å². The Balaban J connectivity index is 0.00000121. The van der Waals surface area contributed by atoms with E-state index in [2.05, 4.69) is 0 Å². The molecule has 62 valence electrons. The Labute approximate surface area is 93.8 Å². The summed E-state index contributed by atoms with van der Waals surface area (Å²) in [4.78, 5) is 10.2. The minimum Gasteiger partial charge on any atom is -0.550 e. The fraction of sp³-hybridized carbons (Fsp3) is 0.625. The van der Waals surface area contributed by atoms with E-state index in [0.29, 0.717) is 0 Å². The van der Waals surface area contributed by atoms with Crippen molar-refractivity contribution in [1.82, 2.24) is 0 Å². The van der Waals surface area contributed by atoms with Crippen molar-refractivity contribution in [1.29, 1.82) is 0 Å². The molecule has 0 heterocycles. The molecule has 0 radical (unpaired) electrons. The van der Waals surface area contributed by atoms with E-state index in [4.69, 9.17) is 5.11 Å². The third kappa shape index (κ3) is 3.27. The van der Waals surface area contributed by atoms with Crippen LogP contribution in [0.15, 0.2) is 12.2 Å². The average Bonchev–Trinajstić information content (AvgIpc) is 2.34. The van der Waals surface area contributed by atoms with Gasteiger partial charge >= 0.3 is 29.6 Å². The van der Waals surface area contributed by atoms with E-state index in [1.807, 2.05) is 12.2 Å². The van der Waals surface area contributed by atoms with Crippen molar-refractivity contribution < 1.29 is 44.6 Å². The monoisotopic (exact) mass is 178 g/mol. The zero-order valence-electron chi connectivity index (χ0n) is 7.19. The molecule has 0 saturated heterocycles. The second-order valence-corrected chi connectivity index (χ2v) is 2.85. The Bertz CT molecular complexity index is 179. The van der Waals surface area contributed by atoms with Gasteiger partial charge in [-0.25, -0.2) is 0 Å². The van der Waals surface area contributed by atoms with Crippen LogP contribution in [-0.2, 0) is 4.79 Å². The molecule has 3 nitrogen and oxygen atoms in total. The second kappa shape index (κ2) is 5.75. The molecule has 2 atom stereocenters. The van der Waals surface area contributed by atoms with E-state index in [1.54, 1.807) is 0 Å². The van der Waals surface area contributed by atoms with Crippen molar-refractivity contribution in [2.45, 2.75) is 12.8 Å². The Morgan fingerprint density at radius 3 is 2.83 bits per heavy atom. The molecule has 4 heteroatoms. The van der Waals surface area contributed by atoms with Gasteiger partial charge in [-0.3, -0.25) is 0 Å². The van der Waals surface area contributed by atoms with Crippen LogP contribution in [0.1, 0.15) is 12.8 Å². The number of aliphatic carboxylic acids is 1. The fourth-order valence-electron chi connectivity index (χ4n) is 1.40. The van der Waals surface area contributed by atoms with Gasteiger partial charge in [0.05, 0.1) is 0 Å². The molecule has 1 N–H and O–H groups in total. The van der Waals surface area contributed by atoms with Gasteiger partial charge in [0.2, 0.25) is 0 Å². The number of hydrogen-bond donors (Lipinski definition) is 1. The third-order valence-corrected chi connectivity index (χ3v) is 2.06. The maximum atomic E-state index is 10.2. The van der Waals surface area contributed by atoms with Crippen molar-refractivity contribution >= 4 is 5.97 Å². The van der Waals surface area contributed by atoms with Gasteiger partial charge in [-0.15, -0.1) is 0 Å². The molecule has 0 bridgehead atoms. The van der Waals surface area contributed by atoms with Gasteiger partial charge in [-0.2, -0.15) is 0 Å². The summed E-state index contributed by atoms with van der Waals surface area (Å²) in [7, 11) is 0. The van der Waals surface area contributed by atoms with Gasteiger partial charge in [0.25, 0.3) is 0 Å². The standard InChI is InChI=1S/C8H12O3.Na/c9-5-7-3-1-2-6(7)4-8(10)11;/h1-2,6-7,9H,3-5H2,(H,10,11);/q;+1/p-1/t6-,7+;/m1./s1. The van der Waals surface area contributed by atoms with Crippen LogP contribution in [0.5, 0.6) is 0 Å². The minimum absolute atomic E-state index is 0. The molecule has 1 aliphatic rings. The number of rotatable bonds is 3. The molecule has 0 amide bonds.